The summed E-state index contributed by atoms with van der Waals surface area (Å²) in [7, 11) is 0. The number of H-pyrrole nitrogens is 1. The third-order valence-corrected chi connectivity index (χ3v) is 2.69. The van der Waals surface area contributed by atoms with E-state index in [1.54, 1.807) is 0 Å². The summed E-state index contributed by atoms with van der Waals surface area (Å²) in [6.45, 7) is 4.99. The minimum absolute atomic E-state index is 0.249. The van der Waals surface area contributed by atoms with E-state index in [1.165, 1.54) is 6.33 Å². The first-order valence-electron chi connectivity index (χ1n) is 5.89. The van der Waals surface area contributed by atoms with E-state index in [9.17, 15) is 0 Å². The summed E-state index contributed by atoms with van der Waals surface area (Å²) in [5.41, 5.74) is 0. The van der Waals surface area contributed by atoms with Gasteiger partial charge in [-0.1, -0.05) is 0 Å². The van der Waals surface area contributed by atoms with Crippen LogP contribution >= 0.6 is 0 Å². The molecule has 0 spiro atoms. The first-order valence-corrected chi connectivity index (χ1v) is 5.89. The first-order chi connectivity index (χ1) is 8.25. The summed E-state index contributed by atoms with van der Waals surface area (Å²) in [6.07, 6.45) is 3.48. The Morgan fingerprint density at radius 1 is 1.47 bits per heavy atom. The fraction of sp³-hybridized carbons (Fsp3) is 0.500. The molecular weight excluding hydrogens is 216 g/mol. The van der Waals surface area contributed by atoms with Gasteiger partial charge < -0.3 is 9.73 Å². The van der Waals surface area contributed by atoms with Gasteiger partial charge in [0.2, 0.25) is 0 Å². The molecule has 17 heavy (non-hydrogen) atoms. The van der Waals surface area contributed by atoms with Gasteiger partial charge in [-0.25, -0.2) is 4.98 Å². The lowest BCUT2D eigenvalue weighted by Crippen LogP contribution is -2.20. The molecule has 0 saturated heterocycles. The van der Waals surface area contributed by atoms with Crippen LogP contribution in [0.15, 0.2) is 22.9 Å². The maximum absolute atomic E-state index is 5.56. The molecule has 0 saturated carbocycles. The first kappa shape index (κ1) is 11.9. The molecule has 0 amide bonds. The van der Waals surface area contributed by atoms with Crippen molar-refractivity contribution in [1.82, 2.24) is 20.5 Å². The summed E-state index contributed by atoms with van der Waals surface area (Å²) in [4.78, 5) is 4.08. The van der Waals surface area contributed by atoms with Crippen LogP contribution in [0.25, 0.3) is 0 Å². The lowest BCUT2D eigenvalue weighted by Gasteiger charge is -2.10. The third-order valence-electron chi connectivity index (χ3n) is 2.69. The van der Waals surface area contributed by atoms with Gasteiger partial charge in [0.05, 0.1) is 6.04 Å². The lowest BCUT2D eigenvalue weighted by molar-refractivity contribution is 0.414. The molecule has 0 aliphatic heterocycles. The van der Waals surface area contributed by atoms with Crippen LogP contribution in [-0.4, -0.2) is 21.7 Å². The van der Waals surface area contributed by atoms with Gasteiger partial charge in [0, 0.05) is 6.42 Å². The van der Waals surface area contributed by atoms with Gasteiger partial charge in [-0.15, -0.1) is 0 Å². The standard InChI is InChI=1S/C12H18N4O/c1-9-5-6-11(17-9)10(2)13-7-3-4-12-14-8-15-16-12/h5-6,8,10,13H,3-4,7H2,1-2H3,(H,14,15,16). The topological polar surface area (TPSA) is 66.7 Å². The summed E-state index contributed by atoms with van der Waals surface area (Å²) < 4.78 is 5.56. The zero-order chi connectivity index (χ0) is 12.1. The van der Waals surface area contributed by atoms with Crippen molar-refractivity contribution in [3.05, 3.63) is 35.8 Å². The van der Waals surface area contributed by atoms with Crippen LogP contribution in [0.4, 0.5) is 0 Å². The molecule has 1 atom stereocenters. The van der Waals surface area contributed by atoms with Crippen LogP contribution in [0.2, 0.25) is 0 Å². The number of aromatic nitrogens is 3. The summed E-state index contributed by atoms with van der Waals surface area (Å²) in [5, 5.41) is 10.1. The van der Waals surface area contributed by atoms with E-state index in [2.05, 4.69) is 27.4 Å². The highest BCUT2D eigenvalue weighted by molar-refractivity contribution is 5.08. The van der Waals surface area contributed by atoms with Gasteiger partial charge in [0.1, 0.15) is 23.7 Å². The van der Waals surface area contributed by atoms with Gasteiger partial charge in [-0.3, -0.25) is 5.10 Å². The molecule has 92 valence electrons. The predicted octanol–water partition coefficient (Wildman–Crippen LogP) is 1.99. The largest absolute Gasteiger partial charge is 0.465 e. The van der Waals surface area contributed by atoms with Gasteiger partial charge in [0.25, 0.3) is 0 Å². The smallest absolute Gasteiger partial charge is 0.137 e. The molecule has 0 aromatic carbocycles. The van der Waals surface area contributed by atoms with Gasteiger partial charge in [-0.2, -0.15) is 5.10 Å². The van der Waals surface area contributed by atoms with Crippen molar-refractivity contribution in [2.24, 2.45) is 0 Å². The number of hydrogen-bond donors (Lipinski definition) is 2. The van der Waals surface area contributed by atoms with Crippen molar-refractivity contribution >= 4 is 0 Å². The summed E-state index contributed by atoms with van der Waals surface area (Å²) in [6, 6.07) is 4.25. The predicted molar refractivity (Wildman–Crippen MR) is 64.6 cm³/mol. The Balaban J connectivity index is 1.68. The van der Waals surface area contributed by atoms with E-state index in [0.29, 0.717) is 0 Å². The zero-order valence-corrected chi connectivity index (χ0v) is 10.2. The number of aromatic amines is 1. The molecule has 1 unspecified atom stereocenters. The Bertz CT molecular complexity index is 435. The van der Waals surface area contributed by atoms with Gasteiger partial charge in [0.15, 0.2) is 0 Å². The highest BCUT2D eigenvalue weighted by atomic mass is 16.3. The Morgan fingerprint density at radius 2 is 2.35 bits per heavy atom. The molecule has 0 aliphatic carbocycles. The van der Waals surface area contributed by atoms with Crippen LogP contribution in [0.3, 0.4) is 0 Å². The maximum Gasteiger partial charge on any atom is 0.137 e. The van der Waals surface area contributed by atoms with Crippen molar-refractivity contribution in [2.75, 3.05) is 6.54 Å². The SMILES string of the molecule is Cc1ccc(C(C)NCCCc2ncn[nH]2)o1. The molecule has 0 fully saturated rings. The molecule has 2 rings (SSSR count). The highest BCUT2D eigenvalue weighted by Gasteiger charge is 2.08. The number of furan rings is 1. The molecule has 0 radical (unpaired) electrons. The van der Waals surface area contributed by atoms with Crippen LogP contribution in [-0.2, 0) is 6.42 Å². The average Bonchev–Trinajstić information content (AvgIpc) is 2.95. The minimum atomic E-state index is 0.249. The normalized spacial score (nSPS) is 12.8. The van der Waals surface area contributed by atoms with E-state index in [0.717, 1.165) is 36.7 Å². The fourth-order valence-electron chi connectivity index (χ4n) is 1.71. The monoisotopic (exact) mass is 234 g/mol. The van der Waals surface area contributed by atoms with Crippen molar-refractivity contribution in [1.29, 1.82) is 0 Å². The molecular formula is C12H18N4O. The second-order valence-corrected chi connectivity index (χ2v) is 4.16. The van der Waals surface area contributed by atoms with E-state index in [-0.39, 0.29) is 6.04 Å². The van der Waals surface area contributed by atoms with E-state index < -0.39 is 0 Å². The molecule has 2 aromatic heterocycles. The summed E-state index contributed by atoms with van der Waals surface area (Å²) >= 11 is 0. The number of nitrogens with one attached hydrogen (secondary N) is 2. The number of hydrogen-bond acceptors (Lipinski definition) is 4. The number of nitrogens with zero attached hydrogens (tertiary/aromatic N) is 2. The number of rotatable bonds is 6. The molecule has 0 aliphatic rings. The van der Waals surface area contributed by atoms with Crippen LogP contribution < -0.4 is 5.32 Å². The Morgan fingerprint density at radius 3 is 3.00 bits per heavy atom. The quantitative estimate of drug-likeness (QED) is 0.750. The van der Waals surface area contributed by atoms with Gasteiger partial charge in [-0.05, 0) is 38.9 Å². The van der Waals surface area contributed by atoms with E-state index in [4.69, 9.17) is 4.42 Å². The minimum Gasteiger partial charge on any atom is -0.465 e. The van der Waals surface area contributed by atoms with Crippen molar-refractivity contribution in [2.45, 2.75) is 32.7 Å². The molecule has 2 heterocycles. The van der Waals surface area contributed by atoms with E-state index >= 15 is 0 Å². The van der Waals surface area contributed by atoms with Crippen LogP contribution in [0.5, 0.6) is 0 Å². The fourth-order valence-corrected chi connectivity index (χ4v) is 1.71. The molecule has 0 bridgehead atoms. The highest BCUT2D eigenvalue weighted by Crippen LogP contribution is 2.15. The zero-order valence-electron chi connectivity index (χ0n) is 10.2. The molecule has 2 aromatic rings. The van der Waals surface area contributed by atoms with E-state index in [1.807, 2.05) is 19.1 Å². The van der Waals surface area contributed by atoms with Crippen molar-refractivity contribution < 1.29 is 4.42 Å². The average molecular weight is 234 g/mol. The summed E-state index contributed by atoms with van der Waals surface area (Å²) in [5.74, 6) is 2.88. The lowest BCUT2D eigenvalue weighted by atomic mass is 10.2. The third kappa shape index (κ3) is 3.42. The van der Waals surface area contributed by atoms with Crippen molar-refractivity contribution in [3.63, 3.8) is 0 Å². The van der Waals surface area contributed by atoms with Crippen LogP contribution in [0.1, 0.15) is 36.7 Å². The maximum atomic E-state index is 5.56. The Kier molecular flexibility index (Phi) is 3.93. The Hall–Kier alpha value is -1.62. The van der Waals surface area contributed by atoms with Gasteiger partial charge >= 0.3 is 0 Å². The Labute approximate surface area is 101 Å². The molecule has 2 N–H and O–H groups in total. The number of aryl methyl sites for hydroxylation is 2. The molecule has 5 nitrogen and oxygen atoms in total. The second-order valence-electron chi connectivity index (χ2n) is 4.16. The van der Waals surface area contributed by atoms with Crippen LogP contribution in [0, 0.1) is 6.92 Å². The van der Waals surface area contributed by atoms with Crippen molar-refractivity contribution in [3.8, 4) is 0 Å². The molecule has 5 heteroatoms. The second kappa shape index (κ2) is 5.63.